The summed E-state index contributed by atoms with van der Waals surface area (Å²) in [6.07, 6.45) is 5.12. The summed E-state index contributed by atoms with van der Waals surface area (Å²) in [6, 6.07) is 8.06. The van der Waals surface area contributed by atoms with Crippen LogP contribution >= 0.6 is 0 Å². The van der Waals surface area contributed by atoms with Gasteiger partial charge in [0.25, 0.3) is 0 Å². The zero-order chi connectivity index (χ0) is 14.9. The maximum atomic E-state index is 6.09. The van der Waals surface area contributed by atoms with E-state index in [1.54, 1.807) is 0 Å². The summed E-state index contributed by atoms with van der Waals surface area (Å²) >= 11 is 0. The van der Waals surface area contributed by atoms with Crippen LogP contribution < -0.4 is 5.73 Å². The molecule has 0 aliphatic heterocycles. The largest absolute Gasteiger partial charge is 0.458 e. The number of ether oxygens (including phenoxy) is 1. The van der Waals surface area contributed by atoms with Gasteiger partial charge in [-0.25, -0.2) is 0 Å². The van der Waals surface area contributed by atoms with Crippen molar-refractivity contribution in [2.75, 3.05) is 0 Å². The lowest BCUT2D eigenvalue weighted by Crippen LogP contribution is -2.26. The zero-order valence-electron chi connectivity index (χ0n) is 13.0. The van der Waals surface area contributed by atoms with Gasteiger partial charge in [-0.05, 0) is 37.2 Å². The number of furan rings is 1. The number of para-hydroxylation sites is 1. The molecule has 1 saturated carbocycles. The Labute approximate surface area is 126 Å². The highest BCUT2D eigenvalue weighted by Crippen LogP contribution is 2.36. The molecule has 0 atom stereocenters. The average molecular weight is 287 g/mol. The summed E-state index contributed by atoms with van der Waals surface area (Å²) in [7, 11) is 0. The average Bonchev–Trinajstić information content (AvgIpc) is 2.83. The molecule has 1 fully saturated rings. The lowest BCUT2D eigenvalue weighted by atomic mass is 9.76. The fraction of sp³-hybridized carbons (Fsp3) is 0.556. The van der Waals surface area contributed by atoms with Gasteiger partial charge in [0.05, 0.1) is 6.10 Å². The summed E-state index contributed by atoms with van der Waals surface area (Å²) in [6.45, 7) is 5.71. The van der Waals surface area contributed by atoms with Gasteiger partial charge in [-0.3, -0.25) is 0 Å². The summed E-state index contributed by atoms with van der Waals surface area (Å²) in [5.41, 5.74) is 8.35. The van der Waals surface area contributed by atoms with E-state index in [0.717, 1.165) is 35.1 Å². The van der Waals surface area contributed by atoms with Gasteiger partial charge in [-0.2, -0.15) is 0 Å². The zero-order valence-corrected chi connectivity index (χ0v) is 13.0. The van der Waals surface area contributed by atoms with Crippen LogP contribution in [0.2, 0.25) is 0 Å². The molecule has 0 unspecified atom stereocenters. The van der Waals surface area contributed by atoms with Crippen molar-refractivity contribution < 1.29 is 9.15 Å². The Balaban J connectivity index is 1.68. The van der Waals surface area contributed by atoms with Crippen molar-refractivity contribution in [1.29, 1.82) is 0 Å². The molecule has 0 spiro atoms. The first-order valence-corrected chi connectivity index (χ1v) is 7.90. The van der Waals surface area contributed by atoms with Crippen molar-refractivity contribution in [1.82, 2.24) is 0 Å². The molecule has 0 amide bonds. The van der Waals surface area contributed by atoms with Gasteiger partial charge in [0, 0.05) is 17.5 Å². The summed E-state index contributed by atoms with van der Waals surface area (Å²) in [4.78, 5) is 0. The van der Waals surface area contributed by atoms with Crippen molar-refractivity contribution in [3.05, 3.63) is 35.6 Å². The SMILES string of the molecule is CC1(C)CCC(OCc2oc3ccccc3c2CN)CC1. The number of hydrogen-bond acceptors (Lipinski definition) is 3. The van der Waals surface area contributed by atoms with E-state index >= 15 is 0 Å². The monoisotopic (exact) mass is 287 g/mol. The number of rotatable bonds is 4. The third-order valence-corrected chi connectivity index (χ3v) is 4.72. The Morgan fingerprint density at radius 1 is 1.24 bits per heavy atom. The molecule has 0 saturated heterocycles. The predicted octanol–water partition coefficient (Wildman–Crippen LogP) is 4.38. The first-order valence-electron chi connectivity index (χ1n) is 7.90. The number of nitrogens with two attached hydrogens (primary N) is 1. The lowest BCUT2D eigenvalue weighted by molar-refractivity contribution is -0.0119. The van der Waals surface area contributed by atoms with Crippen LogP contribution in [0, 0.1) is 5.41 Å². The molecule has 1 aliphatic carbocycles. The number of benzene rings is 1. The van der Waals surface area contributed by atoms with Crippen LogP contribution in [0.3, 0.4) is 0 Å². The van der Waals surface area contributed by atoms with E-state index in [9.17, 15) is 0 Å². The second-order valence-corrected chi connectivity index (χ2v) is 6.88. The molecule has 3 rings (SSSR count). The standard InChI is InChI=1S/C18H25NO2/c1-18(2)9-7-13(8-10-18)20-12-17-15(11-19)14-5-3-4-6-16(14)21-17/h3-6,13H,7-12,19H2,1-2H3. The molecule has 2 aromatic rings. The van der Waals surface area contributed by atoms with E-state index in [0.29, 0.717) is 24.7 Å². The lowest BCUT2D eigenvalue weighted by Gasteiger charge is -2.34. The summed E-state index contributed by atoms with van der Waals surface area (Å²) in [5.74, 6) is 0.892. The first-order chi connectivity index (χ1) is 10.1. The number of fused-ring (bicyclic) bond motifs is 1. The van der Waals surface area contributed by atoms with Gasteiger partial charge in [0.2, 0.25) is 0 Å². The highest BCUT2D eigenvalue weighted by Gasteiger charge is 2.27. The van der Waals surface area contributed by atoms with Crippen molar-refractivity contribution in [3.8, 4) is 0 Å². The molecule has 3 nitrogen and oxygen atoms in total. The Morgan fingerprint density at radius 3 is 2.67 bits per heavy atom. The van der Waals surface area contributed by atoms with Gasteiger partial charge >= 0.3 is 0 Å². The molecule has 0 bridgehead atoms. The van der Waals surface area contributed by atoms with E-state index in [-0.39, 0.29) is 0 Å². The quantitative estimate of drug-likeness (QED) is 0.908. The van der Waals surface area contributed by atoms with E-state index < -0.39 is 0 Å². The summed E-state index contributed by atoms with van der Waals surface area (Å²) < 4.78 is 12.0. The minimum absolute atomic E-state index is 0.358. The Bertz CT molecular complexity index is 605. The van der Waals surface area contributed by atoms with Gasteiger partial charge < -0.3 is 14.9 Å². The molecule has 1 aliphatic rings. The van der Waals surface area contributed by atoms with Crippen LogP contribution in [0.5, 0.6) is 0 Å². The van der Waals surface area contributed by atoms with E-state index in [1.165, 1.54) is 12.8 Å². The highest BCUT2D eigenvalue weighted by atomic mass is 16.5. The van der Waals surface area contributed by atoms with E-state index in [4.69, 9.17) is 14.9 Å². The third-order valence-electron chi connectivity index (χ3n) is 4.72. The highest BCUT2D eigenvalue weighted by molar-refractivity contribution is 5.82. The van der Waals surface area contributed by atoms with E-state index in [2.05, 4.69) is 19.9 Å². The fourth-order valence-corrected chi connectivity index (χ4v) is 3.22. The first kappa shape index (κ1) is 14.6. The van der Waals surface area contributed by atoms with Crippen molar-refractivity contribution in [2.24, 2.45) is 11.1 Å². The second-order valence-electron chi connectivity index (χ2n) is 6.88. The van der Waals surface area contributed by atoms with E-state index in [1.807, 2.05) is 18.2 Å². The van der Waals surface area contributed by atoms with Gasteiger partial charge in [0.15, 0.2) is 0 Å². The van der Waals surface area contributed by atoms with Gasteiger partial charge in [-0.1, -0.05) is 32.0 Å². The van der Waals surface area contributed by atoms with Crippen LogP contribution in [0.1, 0.15) is 50.9 Å². The second kappa shape index (κ2) is 5.82. The maximum absolute atomic E-state index is 6.09. The van der Waals surface area contributed by atoms with Crippen molar-refractivity contribution in [3.63, 3.8) is 0 Å². The minimum atomic E-state index is 0.358. The maximum Gasteiger partial charge on any atom is 0.135 e. The Morgan fingerprint density at radius 2 is 1.95 bits per heavy atom. The van der Waals surface area contributed by atoms with Gasteiger partial charge in [0.1, 0.15) is 18.0 Å². The van der Waals surface area contributed by atoms with Crippen molar-refractivity contribution in [2.45, 2.75) is 58.8 Å². The molecular formula is C18H25NO2. The molecule has 1 heterocycles. The normalized spacial score (nSPS) is 19.2. The van der Waals surface area contributed by atoms with Crippen LogP contribution in [0.15, 0.2) is 28.7 Å². The molecule has 1 aromatic carbocycles. The Kier molecular flexibility index (Phi) is 4.05. The predicted molar refractivity (Wildman–Crippen MR) is 84.9 cm³/mol. The summed E-state index contributed by atoms with van der Waals surface area (Å²) in [5, 5.41) is 1.11. The van der Waals surface area contributed by atoms with Crippen molar-refractivity contribution >= 4 is 11.0 Å². The number of hydrogen-bond donors (Lipinski definition) is 1. The van der Waals surface area contributed by atoms with Crippen LogP contribution in [-0.4, -0.2) is 6.10 Å². The van der Waals surface area contributed by atoms with Crippen LogP contribution in [0.25, 0.3) is 11.0 Å². The molecule has 21 heavy (non-hydrogen) atoms. The molecule has 114 valence electrons. The molecule has 0 radical (unpaired) electrons. The van der Waals surface area contributed by atoms with Crippen LogP contribution in [-0.2, 0) is 17.9 Å². The molecule has 1 aromatic heterocycles. The fourth-order valence-electron chi connectivity index (χ4n) is 3.22. The Hall–Kier alpha value is -1.32. The molecular weight excluding hydrogens is 262 g/mol. The smallest absolute Gasteiger partial charge is 0.135 e. The topological polar surface area (TPSA) is 48.4 Å². The minimum Gasteiger partial charge on any atom is -0.458 e. The molecule has 2 N–H and O–H groups in total. The van der Waals surface area contributed by atoms with Gasteiger partial charge in [-0.15, -0.1) is 0 Å². The van der Waals surface area contributed by atoms with Crippen LogP contribution in [0.4, 0.5) is 0 Å². The third kappa shape index (κ3) is 3.14. The molecule has 3 heteroatoms.